The molecule has 0 radical (unpaired) electrons. The Morgan fingerprint density at radius 1 is 1.37 bits per heavy atom. The number of anilines is 2. The zero-order chi connectivity index (χ0) is 19.6. The molecule has 144 valence electrons. The third-order valence-electron chi connectivity index (χ3n) is 4.57. The Kier molecular flexibility index (Phi) is 5.43. The maximum atomic E-state index is 14.4. The van der Waals surface area contributed by atoms with Crippen LogP contribution >= 0.6 is 0 Å². The lowest BCUT2D eigenvalue weighted by molar-refractivity contribution is 0.177. The summed E-state index contributed by atoms with van der Waals surface area (Å²) in [6, 6.07) is 7.16. The average molecular weight is 374 g/mol. The Balaban J connectivity index is 1.85. The summed E-state index contributed by atoms with van der Waals surface area (Å²) in [6.45, 7) is 6.04. The highest BCUT2D eigenvalue weighted by Gasteiger charge is 2.38. The monoisotopic (exact) mass is 374 g/mol. The number of hydrogen-bond donors (Lipinski definition) is 1. The largest absolute Gasteiger partial charge is 0.497 e. The van der Waals surface area contributed by atoms with E-state index in [1.807, 2.05) is 45.0 Å². The number of methoxy groups -OCH3 is 1. The predicted octanol–water partition coefficient (Wildman–Crippen LogP) is 3.78. The van der Waals surface area contributed by atoms with Crippen molar-refractivity contribution in [2.45, 2.75) is 32.9 Å². The quantitative estimate of drug-likeness (QED) is 0.829. The van der Waals surface area contributed by atoms with E-state index in [0.29, 0.717) is 0 Å². The molecule has 1 aliphatic heterocycles. The first-order valence-corrected chi connectivity index (χ1v) is 8.79. The van der Waals surface area contributed by atoms with Gasteiger partial charge in [-0.3, -0.25) is 4.90 Å². The molecule has 3 rings (SSSR count). The number of hydrogen-bond acceptors (Lipinski definition) is 6. The summed E-state index contributed by atoms with van der Waals surface area (Å²) in [7, 11) is 1.60. The summed E-state index contributed by atoms with van der Waals surface area (Å²) in [4.78, 5) is 21.6. The molecule has 1 aromatic heterocycles. The second kappa shape index (κ2) is 7.77. The molecule has 1 N–H and O–H groups in total. The topological polar surface area (TPSA) is 76.6 Å². The van der Waals surface area contributed by atoms with Crippen LogP contribution in [0.4, 0.5) is 21.0 Å². The third-order valence-corrected chi connectivity index (χ3v) is 4.57. The van der Waals surface area contributed by atoms with Gasteiger partial charge in [0.25, 0.3) is 0 Å². The zero-order valence-electron chi connectivity index (χ0n) is 15.8. The van der Waals surface area contributed by atoms with Gasteiger partial charge in [-0.05, 0) is 30.5 Å². The molecule has 0 saturated carbocycles. The molecule has 8 heteroatoms. The first-order chi connectivity index (χ1) is 12.9. The van der Waals surface area contributed by atoms with Crippen molar-refractivity contribution >= 4 is 17.9 Å². The second-order valence-corrected chi connectivity index (χ2v) is 6.77. The molecule has 27 heavy (non-hydrogen) atoms. The summed E-state index contributed by atoms with van der Waals surface area (Å²) in [5.41, 5.74) is 0.962. The van der Waals surface area contributed by atoms with Crippen molar-refractivity contribution in [2.24, 2.45) is 5.92 Å². The van der Waals surface area contributed by atoms with E-state index >= 15 is 0 Å². The summed E-state index contributed by atoms with van der Waals surface area (Å²) < 4.78 is 24.7. The smallest absolute Gasteiger partial charge is 0.416 e. The number of rotatable bonds is 6. The fraction of sp³-hybridized carbons (Fsp3) is 0.421. The zero-order valence-corrected chi connectivity index (χ0v) is 15.8. The SMILES string of the molecule is COc1cccc(C(C)Nc2ncc(F)c(N3C(=O)OCC3C(C)C)n2)c1. The molecule has 0 bridgehead atoms. The molecule has 1 amide bonds. The number of halogens is 1. The van der Waals surface area contributed by atoms with E-state index in [1.54, 1.807) is 7.11 Å². The van der Waals surface area contributed by atoms with Crippen molar-refractivity contribution in [2.75, 3.05) is 23.9 Å². The molecular weight excluding hydrogens is 351 g/mol. The average Bonchev–Trinajstić information content (AvgIpc) is 3.05. The second-order valence-electron chi connectivity index (χ2n) is 6.77. The molecule has 2 aromatic rings. The number of amides is 1. The summed E-state index contributed by atoms with van der Waals surface area (Å²) >= 11 is 0. The number of aromatic nitrogens is 2. The van der Waals surface area contributed by atoms with E-state index in [1.165, 1.54) is 4.90 Å². The third kappa shape index (κ3) is 3.94. The van der Waals surface area contributed by atoms with Gasteiger partial charge < -0.3 is 14.8 Å². The Hall–Kier alpha value is -2.90. The highest BCUT2D eigenvalue weighted by Crippen LogP contribution is 2.29. The van der Waals surface area contributed by atoms with Gasteiger partial charge in [0.1, 0.15) is 12.4 Å². The molecule has 0 spiro atoms. The van der Waals surface area contributed by atoms with Crippen LogP contribution in [0.25, 0.3) is 0 Å². The standard InChI is InChI=1S/C19H23FN4O3/c1-11(2)16-10-27-19(25)24(16)17-15(20)9-21-18(23-17)22-12(3)13-6-5-7-14(8-13)26-4/h5-9,11-12,16H,10H2,1-4H3,(H,21,22,23). The van der Waals surface area contributed by atoms with E-state index in [2.05, 4.69) is 15.3 Å². The minimum Gasteiger partial charge on any atom is -0.497 e. The maximum absolute atomic E-state index is 14.4. The Morgan fingerprint density at radius 3 is 2.85 bits per heavy atom. The lowest BCUT2D eigenvalue weighted by Crippen LogP contribution is -2.38. The Bertz CT molecular complexity index is 830. The van der Waals surface area contributed by atoms with Gasteiger partial charge in [0.2, 0.25) is 5.95 Å². The molecule has 1 aliphatic rings. The minimum absolute atomic E-state index is 0.0773. The lowest BCUT2D eigenvalue weighted by Gasteiger charge is -2.24. The van der Waals surface area contributed by atoms with Crippen LogP contribution in [0.15, 0.2) is 30.5 Å². The van der Waals surface area contributed by atoms with E-state index in [4.69, 9.17) is 9.47 Å². The maximum Gasteiger partial charge on any atom is 0.416 e. The molecule has 2 unspecified atom stereocenters. The van der Waals surface area contributed by atoms with Crippen LogP contribution in [-0.4, -0.2) is 35.8 Å². The fourth-order valence-corrected chi connectivity index (χ4v) is 2.95. The molecule has 0 aliphatic carbocycles. The molecule has 1 fully saturated rings. The van der Waals surface area contributed by atoms with Crippen molar-refractivity contribution in [3.05, 3.63) is 41.8 Å². The number of benzene rings is 1. The predicted molar refractivity (Wildman–Crippen MR) is 99.5 cm³/mol. The molecular formula is C19H23FN4O3. The molecule has 2 atom stereocenters. The van der Waals surface area contributed by atoms with Crippen LogP contribution in [-0.2, 0) is 4.74 Å². The molecule has 7 nitrogen and oxygen atoms in total. The first-order valence-electron chi connectivity index (χ1n) is 8.79. The highest BCUT2D eigenvalue weighted by molar-refractivity contribution is 5.89. The van der Waals surface area contributed by atoms with Gasteiger partial charge in [0, 0.05) is 0 Å². The number of nitrogens with zero attached hydrogens (tertiary/aromatic N) is 3. The van der Waals surface area contributed by atoms with Gasteiger partial charge in [-0.25, -0.2) is 14.2 Å². The molecule has 2 heterocycles. The van der Waals surface area contributed by atoms with Crippen molar-refractivity contribution in [1.82, 2.24) is 9.97 Å². The van der Waals surface area contributed by atoms with Gasteiger partial charge in [0.05, 0.1) is 25.4 Å². The molecule has 1 saturated heterocycles. The van der Waals surface area contributed by atoms with Crippen LogP contribution in [0.1, 0.15) is 32.4 Å². The number of nitrogens with one attached hydrogen (secondary N) is 1. The van der Waals surface area contributed by atoms with Crippen LogP contribution in [0.2, 0.25) is 0 Å². The van der Waals surface area contributed by atoms with Gasteiger partial charge in [-0.15, -0.1) is 0 Å². The van der Waals surface area contributed by atoms with Gasteiger partial charge in [0.15, 0.2) is 11.6 Å². The van der Waals surface area contributed by atoms with Gasteiger partial charge in [-0.1, -0.05) is 26.0 Å². The fourth-order valence-electron chi connectivity index (χ4n) is 2.95. The molecule has 1 aromatic carbocycles. The minimum atomic E-state index is -0.668. The number of carbonyl (C=O) groups excluding carboxylic acids is 1. The lowest BCUT2D eigenvalue weighted by atomic mass is 10.0. The van der Waals surface area contributed by atoms with Crippen LogP contribution < -0.4 is 15.0 Å². The summed E-state index contributed by atoms with van der Waals surface area (Å²) in [6.07, 6.45) is 0.462. The van der Waals surface area contributed by atoms with Crippen LogP contribution in [0.5, 0.6) is 5.75 Å². The van der Waals surface area contributed by atoms with E-state index in [-0.39, 0.29) is 36.4 Å². The van der Waals surface area contributed by atoms with E-state index < -0.39 is 11.9 Å². The van der Waals surface area contributed by atoms with Crippen molar-refractivity contribution in [1.29, 1.82) is 0 Å². The summed E-state index contributed by atoms with van der Waals surface area (Å²) in [5, 5.41) is 3.14. The van der Waals surface area contributed by atoms with Crippen LogP contribution in [0, 0.1) is 11.7 Å². The van der Waals surface area contributed by atoms with Crippen molar-refractivity contribution < 1.29 is 18.7 Å². The van der Waals surface area contributed by atoms with Crippen LogP contribution in [0.3, 0.4) is 0 Å². The first kappa shape index (κ1) is 18.9. The normalized spacial score (nSPS) is 17.8. The van der Waals surface area contributed by atoms with E-state index in [0.717, 1.165) is 17.5 Å². The number of cyclic esters (lactones) is 1. The number of carbonyl (C=O) groups is 1. The van der Waals surface area contributed by atoms with Gasteiger partial charge >= 0.3 is 6.09 Å². The Morgan fingerprint density at radius 2 is 2.15 bits per heavy atom. The Labute approximate surface area is 157 Å². The number of ether oxygens (including phenoxy) is 2. The summed E-state index contributed by atoms with van der Waals surface area (Å²) in [5.74, 6) is 0.314. The van der Waals surface area contributed by atoms with Crippen molar-refractivity contribution in [3.63, 3.8) is 0 Å². The van der Waals surface area contributed by atoms with Crippen molar-refractivity contribution in [3.8, 4) is 5.75 Å². The van der Waals surface area contributed by atoms with E-state index in [9.17, 15) is 9.18 Å². The highest BCUT2D eigenvalue weighted by atomic mass is 19.1. The van der Waals surface area contributed by atoms with Gasteiger partial charge in [-0.2, -0.15) is 4.98 Å².